The molecule has 0 radical (unpaired) electrons. The number of esters is 2. The molecule has 0 bridgehead atoms. The minimum absolute atomic E-state index is 0.0677. The summed E-state index contributed by atoms with van der Waals surface area (Å²) < 4.78 is 41.1. The number of alkyl halides is 3. The first-order valence-corrected chi connectivity index (χ1v) is 12.0. The maximum Gasteiger partial charge on any atom is 0.491 e. The van der Waals surface area contributed by atoms with Crippen molar-refractivity contribution in [2.45, 2.75) is 12.6 Å². The highest BCUT2D eigenvalue weighted by atomic mass is 19.4. The molecule has 0 spiro atoms. The van der Waals surface area contributed by atoms with Crippen LogP contribution in [-0.4, -0.2) is 53.8 Å². The highest BCUT2D eigenvalue weighted by Crippen LogP contribution is 2.33. The van der Waals surface area contributed by atoms with Crippen molar-refractivity contribution in [1.29, 1.82) is 5.41 Å². The molecule has 0 unspecified atom stereocenters. The number of rotatable bonds is 5. The second kappa shape index (κ2) is 11.7. The van der Waals surface area contributed by atoms with Crippen molar-refractivity contribution in [2.24, 2.45) is 5.73 Å². The molecule has 0 atom stereocenters. The number of halogens is 3. The number of hydrogen-bond acceptors (Lipinski definition) is 6. The van der Waals surface area contributed by atoms with Crippen molar-refractivity contribution in [3.8, 4) is 11.8 Å². The van der Waals surface area contributed by atoms with Crippen molar-refractivity contribution in [1.82, 2.24) is 4.90 Å². The summed E-state index contributed by atoms with van der Waals surface area (Å²) in [5.74, 6) is 0.435. The quantitative estimate of drug-likeness (QED) is 0.161. The number of fused-ring (bicyclic) bond motifs is 1. The van der Waals surface area contributed by atoms with Gasteiger partial charge in [0.15, 0.2) is 0 Å². The van der Waals surface area contributed by atoms with Crippen LogP contribution in [0.2, 0.25) is 0 Å². The molecule has 0 fully saturated rings. The number of carbonyl (C=O) groups excluding carboxylic acids is 4. The Hall–Kier alpha value is -5.44. The second-order valence-corrected chi connectivity index (χ2v) is 8.77. The molecular formula is C29H21F3N4O5. The van der Waals surface area contributed by atoms with Gasteiger partial charge in [0, 0.05) is 28.9 Å². The number of nitrogens with zero attached hydrogens (tertiary/aromatic N) is 2. The molecule has 3 N–H and O–H groups in total. The smallest absolute Gasteiger partial charge is 0.386 e. The first kappa shape index (κ1) is 28.6. The number of benzene rings is 3. The Bertz CT molecular complexity index is 1590. The molecule has 12 heteroatoms. The molecule has 0 aliphatic carbocycles. The van der Waals surface area contributed by atoms with E-state index in [2.05, 4.69) is 16.6 Å². The van der Waals surface area contributed by atoms with Gasteiger partial charge in [0.1, 0.15) is 12.4 Å². The molecule has 0 aromatic heterocycles. The largest absolute Gasteiger partial charge is 0.491 e. The van der Waals surface area contributed by atoms with E-state index in [1.807, 2.05) is 0 Å². The molecule has 2 amide bonds. The van der Waals surface area contributed by atoms with E-state index in [9.17, 15) is 32.3 Å². The summed E-state index contributed by atoms with van der Waals surface area (Å²) in [6, 6.07) is 19.8. The van der Waals surface area contributed by atoms with Gasteiger partial charge in [0.25, 0.3) is 11.8 Å². The van der Waals surface area contributed by atoms with Crippen molar-refractivity contribution < 1.29 is 37.1 Å². The molecular weight excluding hydrogens is 541 g/mol. The minimum Gasteiger partial charge on any atom is -0.386 e. The third kappa shape index (κ3) is 6.77. The fraction of sp³-hybridized carbons (Fsp3) is 0.138. The Labute approximate surface area is 231 Å². The summed E-state index contributed by atoms with van der Waals surface area (Å²) in [5.41, 5.74) is 7.82. The van der Waals surface area contributed by atoms with E-state index in [0.29, 0.717) is 22.4 Å². The Balaban J connectivity index is 1.65. The Morgan fingerprint density at radius 2 is 1.59 bits per heavy atom. The predicted octanol–water partition coefficient (Wildman–Crippen LogP) is 3.51. The molecule has 0 saturated carbocycles. The van der Waals surface area contributed by atoms with Gasteiger partial charge in [-0.2, -0.15) is 13.2 Å². The van der Waals surface area contributed by atoms with Crippen molar-refractivity contribution in [2.75, 3.05) is 18.0 Å². The van der Waals surface area contributed by atoms with Crippen molar-refractivity contribution in [3.05, 3.63) is 95.1 Å². The molecule has 3 aromatic rings. The number of amides is 2. The Morgan fingerprint density at radius 1 is 0.951 bits per heavy atom. The molecule has 1 aliphatic heterocycles. The van der Waals surface area contributed by atoms with Crippen LogP contribution in [0.3, 0.4) is 0 Å². The molecule has 41 heavy (non-hydrogen) atoms. The van der Waals surface area contributed by atoms with Gasteiger partial charge in [-0.25, -0.2) is 4.79 Å². The summed E-state index contributed by atoms with van der Waals surface area (Å²) in [7, 11) is 0. The number of nitrogens with two attached hydrogens (primary N) is 1. The normalized spacial score (nSPS) is 13.0. The van der Waals surface area contributed by atoms with Crippen LogP contribution in [0.4, 0.5) is 24.5 Å². The van der Waals surface area contributed by atoms with Gasteiger partial charge in [0.2, 0.25) is 0 Å². The van der Waals surface area contributed by atoms with Crippen LogP contribution in [0.25, 0.3) is 0 Å². The number of para-hydroxylation sites is 1. The second-order valence-electron chi connectivity index (χ2n) is 8.77. The van der Waals surface area contributed by atoms with E-state index in [0.717, 1.165) is 4.90 Å². The Kier molecular flexibility index (Phi) is 8.19. The average Bonchev–Trinajstić information content (AvgIpc) is 3.04. The first-order chi connectivity index (χ1) is 19.4. The summed E-state index contributed by atoms with van der Waals surface area (Å²) in [5, 5.41) is 7.48. The standard InChI is InChI=1S/C29H21F3N4O5/c30-29(31,32)28(40)41-25(38)14-15-35-17-24(37)36(21-4-2-1-3-5-21)23-13-10-19(16-22(23)27(35)39)7-6-18-8-11-20(12-9-18)26(33)34/h1-5,8-13,16H,14-15,17H2,(H3,33,34). The molecule has 1 heterocycles. The van der Waals surface area contributed by atoms with Crippen LogP contribution in [0.1, 0.15) is 33.5 Å². The molecule has 9 nitrogen and oxygen atoms in total. The number of anilines is 2. The van der Waals surface area contributed by atoms with E-state index in [-0.39, 0.29) is 17.1 Å². The molecule has 208 valence electrons. The maximum absolute atomic E-state index is 13.5. The van der Waals surface area contributed by atoms with Crippen LogP contribution in [0.15, 0.2) is 72.8 Å². The van der Waals surface area contributed by atoms with E-state index in [4.69, 9.17) is 11.1 Å². The zero-order valence-corrected chi connectivity index (χ0v) is 21.2. The Morgan fingerprint density at radius 3 is 2.22 bits per heavy atom. The number of carbonyl (C=O) groups is 4. The lowest BCUT2D eigenvalue weighted by molar-refractivity contribution is -0.201. The van der Waals surface area contributed by atoms with Crippen LogP contribution in [0.5, 0.6) is 0 Å². The van der Waals surface area contributed by atoms with E-state index in [1.165, 1.54) is 11.0 Å². The van der Waals surface area contributed by atoms with Crippen LogP contribution in [0, 0.1) is 17.3 Å². The lowest BCUT2D eigenvalue weighted by Crippen LogP contribution is -2.39. The zero-order chi connectivity index (χ0) is 29.7. The van der Waals surface area contributed by atoms with Crippen LogP contribution < -0.4 is 10.6 Å². The number of hydrogen-bond donors (Lipinski definition) is 2. The summed E-state index contributed by atoms with van der Waals surface area (Å²) in [6.45, 7) is -0.971. The fourth-order valence-electron chi connectivity index (χ4n) is 3.95. The monoisotopic (exact) mass is 562 g/mol. The zero-order valence-electron chi connectivity index (χ0n) is 21.2. The lowest BCUT2D eigenvalue weighted by Gasteiger charge is -2.23. The van der Waals surface area contributed by atoms with E-state index in [1.54, 1.807) is 66.7 Å². The molecule has 1 aliphatic rings. The number of amidine groups is 1. The van der Waals surface area contributed by atoms with E-state index < -0.39 is 49.4 Å². The maximum atomic E-state index is 13.5. The topological polar surface area (TPSA) is 134 Å². The van der Waals surface area contributed by atoms with Crippen LogP contribution >= 0.6 is 0 Å². The van der Waals surface area contributed by atoms with Gasteiger partial charge in [-0.1, -0.05) is 42.2 Å². The summed E-state index contributed by atoms with van der Waals surface area (Å²) in [4.78, 5) is 52.0. The van der Waals surface area contributed by atoms with Gasteiger partial charge < -0.3 is 15.4 Å². The van der Waals surface area contributed by atoms with Gasteiger partial charge in [-0.15, -0.1) is 0 Å². The molecule has 3 aromatic carbocycles. The number of nitrogen functional groups attached to an aromatic ring is 1. The fourth-order valence-corrected chi connectivity index (χ4v) is 3.95. The number of ether oxygens (including phenoxy) is 1. The average molecular weight is 563 g/mol. The van der Waals surface area contributed by atoms with Crippen molar-refractivity contribution >= 4 is 41.0 Å². The highest BCUT2D eigenvalue weighted by molar-refractivity contribution is 6.13. The SMILES string of the molecule is N=C(N)c1ccc(C#Cc2ccc3c(c2)C(=O)N(CCC(=O)OC(=O)C(F)(F)F)CC(=O)N3c2ccccc2)cc1. The molecule has 0 saturated heterocycles. The van der Waals surface area contributed by atoms with Gasteiger partial charge in [0.05, 0.1) is 17.7 Å². The van der Waals surface area contributed by atoms with Gasteiger partial charge in [-0.3, -0.25) is 24.7 Å². The first-order valence-electron chi connectivity index (χ1n) is 12.0. The third-order valence-corrected chi connectivity index (χ3v) is 5.92. The molecule has 4 rings (SSSR count). The van der Waals surface area contributed by atoms with Gasteiger partial charge >= 0.3 is 18.1 Å². The van der Waals surface area contributed by atoms with E-state index >= 15 is 0 Å². The highest BCUT2D eigenvalue weighted by Gasteiger charge is 2.42. The summed E-state index contributed by atoms with van der Waals surface area (Å²) in [6.07, 6.45) is -6.11. The minimum atomic E-state index is -5.36. The lowest BCUT2D eigenvalue weighted by atomic mass is 10.1. The predicted molar refractivity (Wildman–Crippen MR) is 141 cm³/mol. The van der Waals surface area contributed by atoms with Crippen molar-refractivity contribution in [3.63, 3.8) is 0 Å². The van der Waals surface area contributed by atoms with Gasteiger partial charge in [-0.05, 0) is 42.5 Å². The van der Waals surface area contributed by atoms with Crippen LogP contribution in [-0.2, 0) is 19.1 Å². The third-order valence-electron chi connectivity index (χ3n) is 5.92. The number of nitrogens with one attached hydrogen (secondary N) is 1. The summed E-state index contributed by atoms with van der Waals surface area (Å²) >= 11 is 0.